The minimum absolute atomic E-state index is 0.0948. The van der Waals surface area contributed by atoms with E-state index in [4.69, 9.17) is 11.6 Å². The van der Waals surface area contributed by atoms with Crippen molar-refractivity contribution in [2.75, 3.05) is 5.32 Å². The SMILES string of the molecule is O=C(Nc1nc2ccccc2n1Cc1ccc(Cl)cc1)C1CCCCC1. The van der Waals surface area contributed by atoms with Gasteiger partial charge < -0.3 is 4.57 Å². The molecule has 0 atom stereocenters. The van der Waals surface area contributed by atoms with Crippen molar-refractivity contribution < 1.29 is 4.79 Å². The van der Waals surface area contributed by atoms with Crippen LogP contribution in [0, 0.1) is 5.92 Å². The normalized spacial score (nSPS) is 15.3. The number of hydrogen-bond acceptors (Lipinski definition) is 2. The molecule has 3 aromatic rings. The van der Waals surface area contributed by atoms with Gasteiger partial charge in [0.05, 0.1) is 17.6 Å². The zero-order chi connectivity index (χ0) is 17.9. The molecule has 1 aliphatic carbocycles. The molecule has 0 bridgehead atoms. The highest BCUT2D eigenvalue weighted by Crippen LogP contribution is 2.26. The van der Waals surface area contributed by atoms with Crippen molar-refractivity contribution in [3.8, 4) is 0 Å². The first kappa shape index (κ1) is 17.1. The Kier molecular flexibility index (Phi) is 4.93. The number of para-hydroxylation sites is 2. The van der Waals surface area contributed by atoms with Crippen molar-refractivity contribution in [2.45, 2.75) is 38.6 Å². The van der Waals surface area contributed by atoms with E-state index in [0.717, 1.165) is 47.3 Å². The van der Waals surface area contributed by atoms with Crippen LogP contribution in [0.4, 0.5) is 5.95 Å². The zero-order valence-corrected chi connectivity index (χ0v) is 15.4. The van der Waals surface area contributed by atoms with Gasteiger partial charge in [-0.05, 0) is 42.7 Å². The fourth-order valence-electron chi connectivity index (χ4n) is 3.68. The van der Waals surface area contributed by atoms with E-state index in [1.54, 1.807) is 0 Å². The number of imidazole rings is 1. The lowest BCUT2D eigenvalue weighted by Gasteiger charge is -2.20. The molecule has 26 heavy (non-hydrogen) atoms. The highest BCUT2D eigenvalue weighted by molar-refractivity contribution is 6.30. The van der Waals surface area contributed by atoms with Crippen LogP contribution in [-0.2, 0) is 11.3 Å². The molecule has 1 fully saturated rings. The maximum atomic E-state index is 12.7. The lowest BCUT2D eigenvalue weighted by molar-refractivity contribution is -0.120. The molecule has 4 rings (SSSR count). The number of carbonyl (C=O) groups is 1. The van der Waals surface area contributed by atoms with Crippen molar-refractivity contribution in [2.24, 2.45) is 5.92 Å². The lowest BCUT2D eigenvalue weighted by atomic mass is 9.89. The van der Waals surface area contributed by atoms with Gasteiger partial charge in [0.1, 0.15) is 0 Å². The average Bonchev–Trinajstić information content (AvgIpc) is 3.01. The number of aromatic nitrogens is 2. The van der Waals surface area contributed by atoms with Crippen LogP contribution in [0.2, 0.25) is 5.02 Å². The summed E-state index contributed by atoms with van der Waals surface area (Å²) < 4.78 is 2.07. The number of nitrogens with zero attached hydrogens (tertiary/aromatic N) is 2. The van der Waals surface area contributed by atoms with E-state index >= 15 is 0 Å². The molecule has 2 aromatic carbocycles. The number of rotatable bonds is 4. The molecule has 0 unspecified atom stereocenters. The van der Waals surface area contributed by atoms with E-state index in [0.29, 0.717) is 12.5 Å². The van der Waals surface area contributed by atoms with Gasteiger partial charge in [0.2, 0.25) is 11.9 Å². The minimum atomic E-state index is 0.0948. The van der Waals surface area contributed by atoms with Crippen molar-refractivity contribution in [1.82, 2.24) is 9.55 Å². The summed E-state index contributed by atoms with van der Waals surface area (Å²) >= 11 is 6.00. The molecule has 1 N–H and O–H groups in total. The van der Waals surface area contributed by atoms with E-state index in [9.17, 15) is 4.79 Å². The van der Waals surface area contributed by atoms with Crippen LogP contribution in [0.1, 0.15) is 37.7 Å². The van der Waals surface area contributed by atoms with E-state index < -0.39 is 0 Å². The standard InChI is InChI=1S/C21H22ClN3O/c22-17-12-10-15(11-13-17)14-25-19-9-5-4-8-18(19)23-21(25)24-20(26)16-6-2-1-3-7-16/h4-5,8-13,16H,1-3,6-7,14H2,(H,23,24,26). The number of carbonyl (C=O) groups excluding carboxylic acids is 1. The van der Waals surface area contributed by atoms with Gasteiger partial charge in [0, 0.05) is 10.9 Å². The van der Waals surface area contributed by atoms with Crippen molar-refractivity contribution in [1.29, 1.82) is 0 Å². The van der Waals surface area contributed by atoms with Crippen molar-refractivity contribution in [3.05, 3.63) is 59.1 Å². The summed E-state index contributed by atoms with van der Waals surface area (Å²) in [5.41, 5.74) is 3.02. The van der Waals surface area contributed by atoms with Gasteiger partial charge in [0.25, 0.3) is 0 Å². The Morgan fingerprint density at radius 3 is 2.58 bits per heavy atom. The number of fused-ring (bicyclic) bond motifs is 1. The van der Waals surface area contributed by atoms with Gasteiger partial charge in [-0.2, -0.15) is 0 Å². The van der Waals surface area contributed by atoms with Crippen LogP contribution in [0.15, 0.2) is 48.5 Å². The molecular weight excluding hydrogens is 346 g/mol. The first-order valence-electron chi connectivity index (χ1n) is 9.21. The topological polar surface area (TPSA) is 46.9 Å². The van der Waals surface area contributed by atoms with E-state index in [1.807, 2.05) is 48.5 Å². The van der Waals surface area contributed by atoms with Gasteiger partial charge in [0.15, 0.2) is 0 Å². The van der Waals surface area contributed by atoms with Gasteiger partial charge >= 0.3 is 0 Å². The Morgan fingerprint density at radius 1 is 1.08 bits per heavy atom. The van der Waals surface area contributed by atoms with Gasteiger partial charge in [-0.3, -0.25) is 10.1 Å². The molecular formula is C21H22ClN3O. The monoisotopic (exact) mass is 367 g/mol. The fraction of sp³-hybridized carbons (Fsp3) is 0.333. The van der Waals surface area contributed by atoms with E-state index in [1.165, 1.54) is 6.42 Å². The number of halogens is 1. The van der Waals surface area contributed by atoms with Crippen LogP contribution in [0.3, 0.4) is 0 Å². The second-order valence-corrected chi connectivity index (χ2v) is 7.40. The first-order valence-corrected chi connectivity index (χ1v) is 9.59. The summed E-state index contributed by atoms with van der Waals surface area (Å²) in [6.07, 6.45) is 5.46. The molecule has 1 heterocycles. The molecule has 5 heteroatoms. The number of hydrogen-bond donors (Lipinski definition) is 1. The molecule has 1 aromatic heterocycles. The number of amides is 1. The van der Waals surface area contributed by atoms with E-state index in [2.05, 4.69) is 14.9 Å². The summed E-state index contributed by atoms with van der Waals surface area (Å²) in [6.45, 7) is 0.637. The average molecular weight is 368 g/mol. The molecule has 134 valence electrons. The maximum Gasteiger partial charge on any atom is 0.229 e. The van der Waals surface area contributed by atoms with Gasteiger partial charge in [-0.1, -0.05) is 55.1 Å². The number of anilines is 1. The third-order valence-corrected chi connectivity index (χ3v) is 5.37. The van der Waals surface area contributed by atoms with Crippen LogP contribution in [0.25, 0.3) is 11.0 Å². The van der Waals surface area contributed by atoms with Crippen LogP contribution in [0.5, 0.6) is 0 Å². The number of nitrogens with one attached hydrogen (secondary N) is 1. The molecule has 0 spiro atoms. The maximum absolute atomic E-state index is 12.7. The predicted octanol–water partition coefficient (Wildman–Crippen LogP) is 5.26. The summed E-state index contributed by atoms with van der Waals surface area (Å²) in [4.78, 5) is 17.4. The Bertz CT molecular complexity index is 911. The van der Waals surface area contributed by atoms with Crippen LogP contribution < -0.4 is 5.32 Å². The van der Waals surface area contributed by atoms with Crippen molar-refractivity contribution >= 4 is 34.5 Å². The summed E-state index contributed by atoms with van der Waals surface area (Å²) in [5.74, 6) is 0.821. The number of benzene rings is 2. The molecule has 0 aliphatic heterocycles. The predicted molar refractivity (Wildman–Crippen MR) is 105 cm³/mol. The Hall–Kier alpha value is -2.33. The third kappa shape index (κ3) is 3.61. The summed E-state index contributed by atoms with van der Waals surface area (Å²) in [5, 5.41) is 3.81. The van der Waals surface area contributed by atoms with Gasteiger partial charge in [-0.15, -0.1) is 0 Å². The first-order chi connectivity index (χ1) is 12.7. The molecule has 0 saturated heterocycles. The smallest absolute Gasteiger partial charge is 0.229 e. The minimum Gasteiger partial charge on any atom is -0.305 e. The second-order valence-electron chi connectivity index (χ2n) is 6.96. The third-order valence-electron chi connectivity index (χ3n) is 5.12. The molecule has 1 amide bonds. The molecule has 1 saturated carbocycles. The quantitative estimate of drug-likeness (QED) is 0.683. The molecule has 4 nitrogen and oxygen atoms in total. The Balaban J connectivity index is 1.64. The summed E-state index contributed by atoms with van der Waals surface area (Å²) in [6, 6.07) is 15.8. The fourth-order valence-corrected chi connectivity index (χ4v) is 3.81. The lowest BCUT2D eigenvalue weighted by Crippen LogP contribution is -2.26. The Morgan fingerprint density at radius 2 is 1.81 bits per heavy atom. The second kappa shape index (κ2) is 7.50. The Labute approximate surface area is 158 Å². The molecule has 0 radical (unpaired) electrons. The van der Waals surface area contributed by atoms with Crippen molar-refractivity contribution in [3.63, 3.8) is 0 Å². The summed E-state index contributed by atoms with van der Waals surface area (Å²) in [7, 11) is 0. The van der Waals surface area contributed by atoms with E-state index in [-0.39, 0.29) is 11.8 Å². The van der Waals surface area contributed by atoms with Crippen LogP contribution in [-0.4, -0.2) is 15.5 Å². The highest BCUT2D eigenvalue weighted by atomic mass is 35.5. The largest absolute Gasteiger partial charge is 0.305 e. The highest BCUT2D eigenvalue weighted by Gasteiger charge is 2.23. The van der Waals surface area contributed by atoms with Gasteiger partial charge in [-0.25, -0.2) is 4.98 Å². The molecule has 1 aliphatic rings. The zero-order valence-electron chi connectivity index (χ0n) is 14.6. The van der Waals surface area contributed by atoms with Crippen LogP contribution >= 0.6 is 11.6 Å².